The second kappa shape index (κ2) is 5.36. The first kappa shape index (κ1) is 12.8. The van der Waals surface area contributed by atoms with E-state index in [0.29, 0.717) is 11.1 Å². The molecule has 1 N–H and O–H groups in total. The second-order valence-electron chi connectivity index (χ2n) is 4.14. The molecule has 0 saturated carbocycles. The summed E-state index contributed by atoms with van der Waals surface area (Å²) in [6, 6.07) is 13.2. The zero-order valence-electron chi connectivity index (χ0n) is 10.3. The topological polar surface area (TPSA) is 29.1 Å². The van der Waals surface area contributed by atoms with Gasteiger partial charge in [-0.3, -0.25) is 4.79 Å². The van der Waals surface area contributed by atoms with E-state index in [2.05, 4.69) is 21.2 Å². The van der Waals surface area contributed by atoms with Gasteiger partial charge in [0.2, 0.25) is 0 Å². The molecular formula is C15H14BrNO. The summed E-state index contributed by atoms with van der Waals surface area (Å²) in [6.07, 6.45) is 0. The van der Waals surface area contributed by atoms with Crippen molar-refractivity contribution >= 4 is 27.4 Å². The van der Waals surface area contributed by atoms with Crippen LogP contribution in [0.4, 0.5) is 5.69 Å². The largest absolute Gasteiger partial charge is 0.388 e. The Kier molecular flexibility index (Phi) is 3.82. The Bertz CT molecular complexity index is 576. The molecule has 2 rings (SSSR count). The van der Waals surface area contributed by atoms with E-state index >= 15 is 0 Å². The third-order valence-electron chi connectivity index (χ3n) is 2.80. The molecule has 0 spiro atoms. The van der Waals surface area contributed by atoms with E-state index < -0.39 is 0 Å². The fourth-order valence-corrected chi connectivity index (χ4v) is 2.09. The van der Waals surface area contributed by atoms with Gasteiger partial charge in [0.25, 0.3) is 0 Å². The third kappa shape index (κ3) is 2.62. The minimum absolute atomic E-state index is 0.0375. The number of hydrogen-bond acceptors (Lipinski definition) is 2. The molecular weight excluding hydrogens is 290 g/mol. The smallest absolute Gasteiger partial charge is 0.195 e. The molecule has 0 heterocycles. The van der Waals surface area contributed by atoms with Crippen LogP contribution in [0.3, 0.4) is 0 Å². The van der Waals surface area contributed by atoms with E-state index in [1.54, 1.807) is 0 Å². The number of carbonyl (C=O) groups is 1. The van der Waals surface area contributed by atoms with Crippen LogP contribution in [-0.4, -0.2) is 12.8 Å². The lowest BCUT2D eigenvalue weighted by molar-refractivity contribution is 0.103. The molecule has 0 aliphatic heterocycles. The zero-order chi connectivity index (χ0) is 13.1. The molecule has 0 saturated heterocycles. The summed E-state index contributed by atoms with van der Waals surface area (Å²) in [6.45, 7) is 1.98. The maximum atomic E-state index is 12.4. The van der Waals surface area contributed by atoms with Gasteiger partial charge in [0, 0.05) is 28.3 Å². The number of nitrogens with one attached hydrogen (secondary N) is 1. The molecule has 0 atom stereocenters. The molecule has 0 aliphatic rings. The number of aryl methyl sites for hydroxylation is 1. The monoisotopic (exact) mass is 303 g/mol. The number of carbonyl (C=O) groups excluding carboxylic acids is 1. The van der Waals surface area contributed by atoms with Crippen LogP contribution in [0.5, 0.6) is 0 Å². The lowest BCUT2D eigenvalue weighted by atomic mass is 10.00. The molecule has 0 fully saturated rings. The Balaban J connectivity index is 2.45. The first-order valence-electron chi connectivity index (χ1n) is 5.70. The Hall–Kier alpha value is -1.61. The second-order valence-corrected chi connectivity index (χ2v) is 5.05. The van der Waals surface area contributed by atoms with Crippen LogP contribution in [0.15, 0.2) is 46.9 Å². The van der Waals surface area contributed by atoms with Gasteiger partial charge in [-0.1, -0.05) is 27.6 Å². The average Bonchev–Trinajstić information content (AvgIpc) is 2.39. The highest BCUT2D eigenvalue weighted by Gasteiger charge is 2.13. The van der Waals surface area contributed by atoms with Crippen molar-refractivity contribution in [1.29, 1.82) is 0 Å². The Morgan fingerprint density at radius 1 is 1.11 bits per heavy atom. The van der Waals surface area contributed by atoms with Gasteiger partial charge in [-0.15, -0.1) is 0 Å². The third-order valence-corrected chi connectivity index (χ3v) is 3.32. The summed E-state index contributed by atoms with van der Waals surface area (Å²) in [5, 5.41) is 3.05. The van der Waals surface area contributed by atoms with Crippen LogP contribution >= 0.6 is 15.9 Å². The molecule has 0 aromatic heterocycles. The Morgan fingerprint density at radius 3 is 2.39 bits per heavy atom. The summed E-state index contributed by atoms with van der Waals surface area (Å²) >= 11 is 3.37. The number of anilines is 1. The van der Waals surface area contributed by atoms with Crippen molar-refractivity contribution in [3.63, 3.8) is 0 Å². The van der Waals surface area contributed by atoms with Crippen LogP contribution < -0.4 is 5.32 Å². The molecule has 92 valence electrons. The average molecular weight is 304 g/mol. The van der Waals surface area contributed by atoms with Gasteiger partial charge in [-0.05, 0) is 43.3 Å². The quantitative estimate of drug-likeness (QED) is 0.867. The van der Waals surface area contributed by atoms with Gasteiger partial charge >= 0.3 is 0 Å². The lowest BCUT2D eigenvalue weighted by Gasteiger charge is -2.09. The molecule has 0 unspecified atom stereocenters. The first-order valence-corrected chi connectivity index (χ1v) is 6.50. The van der Waals surface area contributed by atoms with Crippen LogP contribution in [-0.2, 0) is 0 Å². The van der Waals surface area contributed by atoms with Gasteiger partial charge in [-0.25, -0.2) is 0 Å². The van der Waals surface area contributed by atoms with Gasteiger partial charge < -0.3 is 5.32 Å². The van der Waals surface area contributed by atoms with E-state index in [0.717, 1.165) is 15.7 Å². The van der Waals surface area contributed by atoms with E-state index in [1.807, 2.05) is 56.4 Å². The predicted octanol–water partition coefficient (Wildman–Crippen LogP) is 4.03. The minimum atomic E-state index is 0.0375. The van der Waals surface area contributed by atoms with Crippen molar-refractivity contribution in [1.82, 2.24) is 0 Å². The highest BCUT2D eigenvalue weighted by atomic mass is 79.9. The standard InChI is InChI=1S/C15H14BrNO/c1-10-3-8-14(17-2)13(9-10)15(18)11-4-6-12(16)7-5-11/h3-9,17H,1-2H3. The van der Waals surface area contributed by atoms with Crippen LogP contribution in [0.1, 0.15) is 21.5 Å². The summed E-state index contributed by atoms with van der Waals surface area (Å²) in [5.41, 5.74) is 3.34. The predicted molar refractivity (Wildman–Crippen MR) is 78.3 cm³/mol. The van der Waals surface area contributed by atoms with E-state index in [4.69, 9.17) is 0 Å². The van der Waals surface area contributed by atoms with Gasteiger partial charge in [0.05, 0.1) is 0 Å². The van der Waals surface area contributed by atoms with E-state index in [1.165, 1.54) is 0 Å². The lowest BCUT2D eigenvalue weighted by Crippen LogP contribution is -2.05. The van der Waals surface area contributed by atoms with Gasteiger partial charge in [0.15, 0.2) is 5.78 Å². The highest BCUT2D eigenvalue weighted by molar-refractivity contribution is 9.10. The molecule has 0 amide bonds. The van der Waals surface area contributed by atoms with Crippen LogP contribution in [0.2, 0.25) is 0 Å². The van der Waals surface area contributed by atoms with Gasteiger partial charge in [-0.2, -0.15) is 0 Å². The number of rotatable bonds is 3. The molecule has 0 aliphatic carbocycles. The SMILES string of the molecule is CNc1ccc(C)cc1C(=O)c1ccc(Br)cc1. The Labute approximate surface area is 115 Å². The minimum Gasteiger partial charge on any atom is -0.388 e. The van der Waals surface area contributed by atoms with Gasteiger partial charge in [0.1, 0.15) is 0 Å². The summed E-state index contributed by atoms with van der Waals surface area (Å²) in [5.74, 6) is 0.0375. The molecule has 2 aromatic carbocycles. The van der Waals surface area contributed by atoms with E-state index in [-0.39, 0.29) is 5.78 Å². The van der Waals surface area contributed by atoms with Crippen molar-refractivity contribution in [2.24, 2.45) is 0 Å². The number of hydrogen-bond donors (Lipinski definition) is 1. The van der Waals surface area contributed by atoms with Crippen molar-refractivity contribution in [2.45, 2.75) is 6.92 Å². The molecule has 2 nitrogen and oxygen atoms in total. The van der Waals surface area contributed by atoms with Crippen molar-refractivity contribution in [2.75, 3.05) is 12.4 Å². The summed E-state index contributed by atoms with van der Waals surface area (Å²) < 4.78 is 0.970. The number of halogens is 1. The fraction of sp³-hybridized carbons (Fsp3) is 0.133. The van der Waals surface area contributed by atoms with Crippen molar-refractivity contribution in [3.05, 3.63) is 63.6 Å². The van der Waals surface area contributed by atoms with E-state index in [9.17, 15) is 4.79 Å². The Morgan fingerprint density at radius 2 is 1.78 bits per heavy atom. The van der Waals surface area contributed by atoms with Crippen molar-refractivity contribution in [3.8, 4) is 0 Å². The molecule has 18 heavy (non-hydrogen) atoms. The van der Waals surface area contributed by atoms with Crippen LogP contribution in [0.25, 0.3) is 0 Å². The van der Waals surface area contributed by atoms with Crippen molar-refractivity contribution < 1.29 is 4.79 Å². The maximum absolute atomic E-state index is 12.4. The normalized spacial score (nSPS) is 10.2. The number of benzene rings is 2. The zero-order valence-corrected chi connectivity index (χ0v) is 11.9. The fourth-order valence-electron chi connectivity index (χ4n) is 1.82. The molecule has 2 aromatic rings. The molecule has 3 heteroatoms. The molecule has 0 radical (unpaired) electrons. The maximum Gasteiger partial charge on any atom is 0.195 e. The molecule has 0 bridgehead atoms. The highest BCUT2D eigenvalue weighted by Crippen LogP contribution is 2.21. The summed E-state index contributed by atoms with van der Waals surface area (Å²) in [7, 11) is 1.82. The number of ketones is 1. The summed E-state index contributed by atoms with van der Waals surface area (Å²) in [4.78, 5) is 12.4. The first-order chi connectivity index (χ1) is 8.61. The van der Waals surface area contributed by atoms with Crippen LogP contribution in [0, 0.1) is 6.92 Å².